The molecule has 1 aliphatic carbocycles. The van der Waals surface area contributed by atoms with E-state index >= 15 is 0 Å². The molecule has 22 heavy (non-hydrogen) atoms. The highest BCUT2D eigenvalue weighted by Gasteiger charge is 2.26. The molecular formula is C20H28O2. The first-order valence-electron chi connectivity index (χ1n) is 7.84. The number of esters is 1. The molecular weight excluding hydrogens is 272 g/mol. The van der Waals surface area contributed by atoms with E-state index in [1.807, 2.05) is 31.2 Å². The monoisotopic (exact) mass is 300 g/mol. The minimum atomic E-state index is -0.326. The molecule has 0 saturated carbocycles. The van der Waals surface area contributed by atoms with Gasteiger partial charge in [0, 0.05) is 6.08 Å². The molecule has 0 heterocycles. The first-order valence-corrected chi connectivity index (χ1v) is 7.84. The lowest BCUT2D eigenvalue weighted by Gasteiger charge is -2.32. The van der Waals surface area contributed by atoms with Crippen molar-refractivity contribution in [3.8, 4) is 0 Å². The van der Waals surface area contributed by atoms with Gasteiger partial charge in [-0.3, -0.25) is 0 Å². The standard InChI is InChI=1S/C20H28O2/c1-16(15-19(21)22-5)11-8-6-7-9-13-18-17(2)12-10-14-20(18,3)4/h6-9,11,13,15H,10,12,14H2,1-5H3/b7-6+,11-8+,13-9+,16-15+. The Kier molecular flexibility index (Phi) is 7.10. The molecule has 0 atom stereocenters. The minimum Gasteiger partial charge on any atom is -0.466 e. The summed E-state index contributed by atoms with van der Waals surface area (Å²) >= 11 is 0. The molecule has 0 aliphatic heterocycles. The van der Waals surface area contributed by atoms with Gasteiger partial charge in [0.1, 0.15) is 0 Å². The van der Waals surface area contributed by atoms with Crippen molar-refractivity contribution < 1.29 is 9.53 Å². The summed E-state index contributed by atoms with van der Waals surface area (Å²) in [5.74, 6) is -0.326. The number of ether oxygens (including phenoxy) is 1. The van der Waals surface area contributed by atoms with Crippen molar-refractivity contribution in [2.75, 3.05) is 7.11 Å². The summed E-state index contributed by atoms with van der Waals surface area (Å²) in [4.78, 5) is 11.1. The smallest absolute Gasteiger partial charge is 0.330 e. The fourth-order valence-electron chi connectivity index (χ4n) is 2.79. The highest BCUT2D eigenvalue weighted by molar-refractivity contribution is 5.83. The maximum absolute atomic E-state index is 11.1. The summed E-state index contributed by atoms with van der Waals surface area (Å²) in [5, 5.41) is 0. The molecule has 0 radical (unpaired) electrons. The van der Waals surface area contributed by atoms with Crippen LogP contribution in [0.25, 0.3) is 0 Å². The van der Waals surface area contributed by atoms with Gasteiger partial charge in [-0.15, -0.1) is 0 Å². The molecule has 0 aromatic heterocycles. The van der Waals surface area contributed by atoms with Gasteiger partial charge in [0.2, 0.25) is 0 Å². The fourth-order valence-corrected chi connectivity index (χ4v) is 2.79. The fraction of sp³-hybridized carbons (Fsp3) is 0.450. The van der Waals surface area contributed by atoms with Gasteiger partial charge >= 0.3 is 5.97 Å². The number of methoxy groups -OCH3 is 1. The molecule has 0 aromatic rings. The zero-order valence-corrected chi connectivity index (χ0v) is 14.5. The van der Waals surface area contributed by atoms with Crippen LogP contribution in [-0.4, -0.2) is 13.1 Å². The second kappa shape index (κ2) is 8.57. The lowest BCUT2D eigenvalue weighted by molar-refractivity contribution is -0.134. The number of rotatable bonds is 5. The largest absolute Gasteiger partial charge is 0.466 e. The van der Waals surface area contributed by atoms with Crippen LogP contribution in [0.1, 0.15) is 47.0 Å². The van der Waals surface area contributed by atoms with E-state index in [4.69, 9.17) is 0 Å². The Morgan fingerprint density at radius 2 is 1.86 bits per heavy atom. The third kappa shape index (κ3) is 5.88. The Morgan fingerprint density at radius 3 is 2.50 bits per heavy atom. The second-order valence-corrected chi connectivity index (χ2v) is 6.45. The quantitative estimate of drug-likeness (QED) is 0.391. The number of hydrogen-bond donors (Lipinski definition) is 0. The van der Waals surface area contributed by atoms with Gasteiger partial charge in [0.05, 0.1) is 7.11 Å². The van der Waals surface area contributed by atoms with Crippen molar-refractivity contribution in [1.82, 2.24) is 0 Å². The van der Waals surface area contributed by atoms with Crippen molar-refractivity contribution >= 4 is 5.97 Å². The molecule has 0 spiro atoms. The maximum atomic E-state index is 11.1. The van der Waals surface area contributed by atoms with Crippen molar-refractivity contribution in [1.29, 1.82) is 0 Å². The number of carbonyl (C=O) groups excluding carboxylic acids is 1. The van der Waals surface area contributed by atoms with Crippen molar-refractivity contribution in [3.05, 3.63) is 59.3 Å². The molecule has 0 aromatic carbocycles. The van der Waals surface area contributed by atoms with Crippen LogP contribution in [0.2, 0.25) is 0 Å². The molecule has 0 bridgehead atoms. The summed E-state index contributed by atoms with van der Waals surface area (Å²) in [5.41, 5.74) is 4.12. The average Bonchev–Trinajstić information content (AvgIpc) is 2.44. The summed E-state index contributed by atoms with van der Waals surface area (Å²) in [6.07, 6.45) is 17.4. The van der Waals surface area contributed by atoms with Crippen LogP contribution < -0.4 is 0 Å². The second-order valence-electron chi connectivity index (χ2n) is 6.45. The van der Waals surface area contributed by atoms with Gasteiger partial charge in [0.15, 0.2) is 0 Å². The molecule has 0 amide bonds. The number of hydrogen-bond acceptors (Lipinski definition) is 2. The van der Waals surface area contributed by atoms with E-state index in [1.165, 1.54) is 43.6 Å². The van der Waals surface area contributed by atoms with Crippen LogP contribution in [0.3, 0.4) is 0 Å². The lowest BCUT2D eigenvalue weighted by atomic mass is 9.73. The zero-order valence-electron chi connectivity index (χ0n) is 14.5. The van der Waals surface area contributed by atoms with Crippen molar-refractivity contribution in [2.45, 2.75) is 47.0 Å². The number of carbonyl (C=O) groups is 1. The molecule has 0 unspecified atom stereocenters. The van der Waals surface area contributed by atoms with Crippen LogP contribution in [0.4, 0.5) is 0 Å². The van der Waals surface area contributed by atoms with E-state index in [-0.39, 0.29) is 11.4 Å². The van der Waals surface area contributed by atoms with Gasteiger partial charge in [-0.1, -0.05) is 55.9 Å². The molecule has 1 aliphatic rings. The average molecular weight is 300 g/mol. The predicted molar refractivity (Wildman–Crippen MR) is 93.5 cm³/mol. The summed E-state index contributed by atoms with van der Waals surface area (Å²) in [6.45, 7) is 8.75. The molecule has 0 saturated heterocycles. The molecule has 0 fully saturated rings. The normalized spacial score (nSPS) is 19.6. The van der Waals surface area contributed by atoms with E-state index in [1.54, 1.807) is 0 Å². The van der Waals surface area contributed by atoms with Gasteiger partial charge in [0.25, 0.3) is 0 Å². The van der Waals surface area contributed by atoms with E-state index in [0.29, 0.717) is 0 Å². The minimum absolute atomic E-state index is 0.280. The van der Waals surface area contributed by atoms with E-state index in [0.717, 1.165) is 5.57 Å². The van der Waals surface area contributed by atoms with Crippen LogP contribution in [0.15, 0.2) is 59.3 Å². The molecule has 120 valence electrons. The molecule has 2 nitrogen and oxygen atoms in total. The Bertz CT molecular complexity index is 540. The topological polar surface area (TPSA) is 26.3 Å². The zero-order chi connectivity index (χ0) is 16.6. The van der Waals surface area contributed by atoms with Crippen molar-refractivity contribution in [2.24, 2.45) is 5.41 Å². The third-order valence-corrected chi connectivity index (χ3v) is 4.04. The highest BCUT2D eigenvalue weighted by Crippen LogP contribution is 2.40. The van der Waals surface area contributed by atoms with Gasteiger partial charge in [-0.05, 0) is 49.7 Å². The number of allylic oxidation sites excluding steroid dienone is 9. The Morgan fingerprint density at radius 1 is 1.18 bits per heavy atom. The highest BCUT2D eigenvalue weighted by atomic mass is 16.5. The Labute approximate surface area is 134 Å². The maximum Gasteiger partial charge on any atom is 0.330 e. The van der Waals surface area contributed by atoms with Gasteiger partial charge in [-0.2, -0.15) is 0 Å². The van der Waals surface area contributed by atoms with E-state index < -0.39 is 0 Å². The van der Waals surface area contributed by atoms with Gasteiger partial charge < -0.3 is 4.74 Å². The third-order valence-electron chi connectivity index (χ3n) is 4.04. The van der Waals surface area contributed by atoms with Crippen LogP contribution in [0.5, 0.6) is 0 Å². The van der Waals surface area contributed by atoms with Crippen LogP contribution >= 0.6 is 0 Å². The SMILES string of the molecule is COC(=O)/C=C(C)/C=C/C=C/C=C/C1=C(C)CCCC1(C)C. The first-order chi connectivity index (χ1) is 10.4. The van der Waals surface area contributed by atoms with Crippen molar-refractivity contribution in [3.63, 3.8) is 0 Å². The molecule has 1 rings (SSSR count). The summed E-state index contributed by atoms with van der Waals surface area (Å²) < 4.78 is 4.58. The van der Waals surface area contributed by atoms with E-state index in [2.05, 4.69) is 37.7 Å². The molecule has 2 heteroatoms. The molecule has 0 N–H and O–H groups in total. The van der Waals surface area contributed by atoms with Crippen LogP contribution in [0, 0.1) is 5.41 Å². The predicted octanol–water partition coefficient (Wildman–Crippen LogP) is 5.30. The Hall–Kier alpha value is -1.83. The summed E-state index contributed by atoms with van der Waals surface area (Å²) in [6, 6.07) is 0. The Balaban J connectivity index is 2.62. The lowest BCUT2D eigenvalue weighted by Crippen LogP contribution is -2.18. The van der Waals surface area contributed by atoms with Gasteiger partial charge in [-0.25, -0.2) is 4.79 Å². The summed E-state index contributed by atoms with van der Waals surface area (Å²) in [7, 11) is 1.38. The first kappa shape index (κ1) is 18.2. The van der Waals surface area contributed by atoms with E-state index in [9.17, 15) is 4.79 Å². The van der Waals surface area contributed by atoms with Crippen LogP contribution in [-0.2, 0) is 9.53 Å².